The van der Waals surface area contributed by atoms with Crippen molar-refractivity contribution in [1.82, 2.24) is 10.2 Å². The first kappa shape index (κ1) is 15.4. The van der Waals surface area contributed by atoms with Gasteiger partial charge >= 0.3 is 0 Å². The van der Waals surface area contributed by atoms with Crippen LogP contribution in [0.4, 0.5) is 0 Å². The van der Waals surface area contributed by atoms with E-state index < -0.39 is 0 Å². The molecule has 1 aliphatic heterocycles. The first-order valence-corrected chi connectivity index (χ1v) is 8.91. The summed E-state index contributed by atoms with van der Waals surface area (Å²) in [5, 5.41) is 6.22. The van der Waals surface area contributed by atoms with E-state index in [1.165, 1.54) is 28.3 Å². The first-order valence-electron chi connectivity index (χ1n) is 8.91. The second-order valence-corrected chi connectivity index (χ2v) is 6.52. The summed E-state index contributed by atoms with van der Waals surface area (Å²) < 4.78 is 0. The number of rotatable bonds is 3. The molecule has 2 heteroatoms. The van der Waals surface area contributed by atoms with Gasteiger partial charge in [0.2, 0.25) is 0 Å². The molecule has 3 aromatic rings. The van der Waals surface area contributed by atoms with E-state index in [1.807, 2.05) is 0 Å². The van der Waals surface area contributed by atoms with Crippen LogP contribution in [-0.4, -0.2) is 31.1 Å². The standard InChI is InChI=1S/C22H24N2/c1-2-9-19(10-3-1)22(24-16-7-14-23-15-17-24)21-13-6-11-18-8-4-5-12-20(18)21/h1-6,8-13,22-23H,7,14-17H2. The molecule has 1 heterocycles. The predicted octanol–water partition coefficient (Wildman–Crippen LogP) is 4.22. The van der Waals surface area contributed by atoms with Gasteiger partial charge in [-0.2, -0.15) is 0 Å². The second kappa shape index (κ2) is 7.16. The van der Waals surface area contributed by atoms with Gasteiger partial charge in [0.1, 0.15) is 0 Å². The van der Waals surface area contributed by atoms with Crippen LogP contribution in [-0.2, 0) is 0 Å². The smallest absolute Gasteiger partial charge is 0.0608 e. The largest absolute Gasteiger partial charge is 0.315 e. The number of nitrogens with one attached hydrogen (secondary N) is 1. The van der Waals surface area contributed by atoms with E-state index in [9.17, 15) is 0 Å². The molecule has 4 rings (SSSR count). The molecule has 1 saturated heterocycles. The summed E-state index contributed by atoms with van der Waals surface area (Å²) in [6.45, 7) is 4.40. The molecule has 0 bridgehead atoms. The maximum atomic E-state index is 3.53. The highest BCUT2D eigenvalue weighted by Crippen LogP contribution is 2.33. The molecule has 122 valence electrons. The topological polar surface area (TPSA) is 15.3 Å². The average Bonchev–Trinajstić information content (AvgIpc) is 2.93. The van der Waals surface area contributed by atoms with Crippen molar-refractivity contribution < 1.29 is 0 Å². The van der Waals surface area contributed by atoms with Crippen molar-refractivity contribution >= 4 is 10.8 Å². The van der Waals surface area contributed by atoms with Crippen molar-refractivity contribution in [3.63, 3.8) is 0 Å². The van der Waals surface area contributed by atoms with Gasteiger partial charge in [-0.05, 0) is 34.9 Å². The Labute approximate surface area is 144 Å². The lowest BCUT2D eigenvalue weighted by Crippen LogP contribution is -2.33. The molecule has 1 fully saturated rings. The molecule has 1 aliphatic rings. The summed E-state index contributed by atoms with van der Waals surface area (Å²) in [4.78, 5) is 2.64. The van der Waals surface area contributed by atoms with E-state index in [0.29, 0.717) is 6.04 Å². The van der Waals surface area contributed by atoms with Crippen molar-refractivity contribution in [3.8, 4) is 0 Å². The van der Waals surface area contributed by atoms with Gasteiger partial charge in [-0.1, -0.05) is 72.8 Å². The third-order valence-electron chi connectivity index (χ3n) is 4.97. The van der Waals surface area contributed by atoms with Crippen molar-refractivity contribution in [2.75, 3.05) is 26.2 Å². The molecule has 1 atom stereocenters. The minimum Gasteiger partial charge on any atom is -0.315 e. The summed E-state index contributed by atoms with van der Waals surface area (Å²) in [7, 11) is 0. The highest BCUT2D eigenvalue weighted by Gasteiger charge is 2.24. The number of nitrogens with zero attached hydrogens (tertiary/aromatic N) is 1. The zero-order chi connectivity index (χ0) is 16.2. The van der Waals surface area contributed by atoms with Gasteiger partial charge in [0.05, 0.1) is 6.04 Å². The van der Waals surface area contributed by atoms with Gasteiger partial charge in [-0.3, -0.25) is 4.90 Å². The van der Waals surface area contributed by atoms with Crippen LogP contribution in [0.5, 0.6) is 0 Å². The number of hydrogen-bond donors (Lipinski definition) is 1. The molecule has 1 unspecified atom stereocenters. The Bertz CT molecular complexity index is 784. The highest BCUT2D eigenvalue weighted by atomic mass is 15.2. The summed E-state index contributed by atoms with van der Waals surface area (Å²) in [5.41, 5.74) is 2.80. The van der Waals surface area contributed by atoms with Crippen LogP contribution in [0, 0.1) is 0 Å². The van der Waals surface area contributed by atoms with Crippen LogP contribution in [0.1, 0.15) is 23.6 Å². The minimum absolute atomic E-state index is 0.317. The van der Waals surface area contributed by atoms with Gasteiger partial charge in [0.25, 0.3) is 0 Å². The van der Waals surface area contributed by atoms with Crippen LogP contribution in [0.25, 0.3) is 10.8 Å². The number of benzene rings is 3. The van der Waals surface area contributed by atoms with Crippen LogP contribution >= 0.6 is 0 Å². The zero-order valence-corrected chi connectivity index (χ0v) is 14.0. The maximum absolute atomic E-state index is 3.53. The molecule has 0 spiro atoms. The van der Waals surface area contributed by atoms with E-state index in [0.717, 1.165) is 26.2 Å². The Morgan fingerprint density at radius 1 is 0.750 bits per heavy atom. The van der Waals surface area contributed by atoms with Crippen LogP contribution in [0.15, 0.2) is 72.8 Å². The van der Waals surface area contributed by atoms with Gasteiger partial charge in [0, 0.05) is 19.6 Å². The zero-order valence-electron chi connectivity index (χ0n) is 14.0. The van der Waals surface area contributed by atoms with E-state index in [2.05, 4.69) is 83.0 Å². The molecule has 0 aliphatic carbocycles. The van der Waals surface area contributed by atoms with Crippen molar-refractivity contribution in [3.05, 3.63) is 83.9 Å². The van der Waals surface area contributed by atoms with Crippen molar-refractivity contribution in [1.29, 1.82) is 0 Å². The Kier molecular flexibility index (Phi) is 4.59. The Morgan fingerprint density at radius 2 is 1.54 bits per heavy atom. The first-order chi connectivity index (χ1) is 11.9. The fourth-order valence-electron chi connectivity index (χ4n) is 3.84. The molecule has 1 N–H and O–H groups in total. The lowest BCUT2D eigenvalue weighted by atomic mass is 9.92. The van der Waals surface area contributed by atoms with Crippen LogP contribution < -0.4 is 5.32 Å². The third-order valence-corrected chi connectivity index (χ3v) is 4.97. The second-order valence-electron chi connectivity index (χ2n) is 6.52. The number of hydrogen-bond acceptors (Lipinski definition) is 2. The maximum Gasteiger partial charge on any atom is 0.0608 e. The molecule has 24 heavy (non-hydrogen) atoms. The van der Waals surface area contributed by atoms with E-state index in [1.54, 1.807) is 0 Å². The van der Waals surface area contributed by atoms with Gasteiger partial charge in [0.15, 0.2) is 0 Å². The number of fused-ring (bicyclic) bond motifs is 1. The summed E-state index contributed by atoms with van der Waals surface area (Å²) in [5.74, 6) is 0. The van der Waals surface area contributed by atoms with Crippen molar-refractivity contribution in [2.24, 2.45) is 0 Å². The Balaban J connectivity index is 1.85. The molecule has 2 nitrogen and oxygen atoms in total. The summed E-state index contributed by atoms with van der Waals surface area (Å²) >= 11 is 0. The SMILES string of the molecule is c1ccc(C(c2cccc3ccccc23)N2CCCNCC2)cc1. The quantitative estimate of drug-likeness (QED) is 0.778. The third kappa shape index (κ3) is 3.08. The lowest BCUT2D eigenvalue weighted by Gasteiger charge is -2.32. The van der Waals surface area contributed by atoms with Gasteiger partial charge in [-0.25, -0.2) is 0 Å². The van der Waals surface area contributed by atoms with E-state index in [-0.39, 0.29) is 0 Å². The molecule has 0 radical (unpaired) electrons. The molecular formula is C22H24N2. The average molecular weight is 316 g/mol. The van der Waals surface area contributed by atoms with Crippen LogP contribution in [0.2, 0.25) is 0 Å². The molecule has 3 aromatic carbocycles. The monoisotopic (exact) mass is 316 g/mol. The summed E-state index contributed by atoms with van der Waals surface area (Å²) in [6.07, 6.45) is 1.20. The van der Waals surface area contributed by atoms with Crippen molar-refractivity contribution in [2.45, 2.75) is 12.5 Å². The normalized spacial score (nSPS) is 17.5. The fraction of sp³-hybridized carbons (Fsp3) is 0.273. The molecule has 0 saturated carbocycles. The summed E-state index contributed by atoms with van der Waals surface area (Å²) in [6, 6.07) is 26.7. The van der Waals surface area contributed by atoms with Gasteiger partial charge in [-0.15, -0.1) is 0 Å². The van der Waals surface area contributed by atoms with Crippen LogP contribution in [0.3, 0.4) is 0 Å². The predicted molar refractivity (Wildman–Crippen MR) is 101 cm³/mol. The lowest BCUT2D eigenvalue weighted by molar-refractivity contribution is 0.242. The molecule has 0 aromatic heterocycles. The van der Waals surface area contributed by atoms with E-state index in [4.69, 9.17) is 0 Å². The Hall–Kier alpha value is -2.16. The van der Waals surface area contributed by atoms with E-state index >= 15 is 0 Å². The molecular weight excluding hydrogens is 292 g/mol. The fourth-order valence-corrected chi connectivity index (χ4v) is 3.84. The van der Waals surface area contributed by atoms with Gasteiger partial charge < -0.3 is 5.32 Å². The Morgan fingerprint density at radius 3 is 2.46 bits per heavy atom. The highest BCUT2D eigenvalue weighted by molar-refractivity contribution is 5.86. The minimum atomic E-state index is 0.317. The molecule has 0 amide bonds.